The van der Waals surface area contributed by atoms with E-state index in [0.717, 1.165) is 38.4 Å². The van der Waals surface area contributed by atoms with E-state index in [2.05, 4.69) is 63.8 Å². The summed E-state index contributed by atoms with van der Waals surface area (Å²) in [5.41, 5.74) is 3.99. The maximum atomic E-state index is 13.3. The monoisotopic (exact) mass is 520 g/mol. The number of hydrogen-bond acceptors (Lipinski definition) is 4. The van der Waals surface area contributed by atoms with E-state index in [0.29, 0.717) is 26.1 Å². The number of carbonyl (C=O) groups excluding carboxylic acids is 1. The van der Waals surface area contributed by atoms with E-state index in [9.17, 15) is 4.79 Å². The maximum Gasteiger partial charge on any atom is 0.321 e. The number of methoxy groups -OCH3 is 1. The van der Waals surface area contributed by atoms with Gasteiger partial charge in [0.25, 0.3) is 0 Å². The molecule has 4 aromatic carbocycles. The lowest BCUT2D eigenvalue weighted by Crippen LogP contribution is -2.38. The number of benzene rings is 4. The minimum Gasteiger partial charge on any atom is -0.383 e. The van der Waals surface area contributed by atoms with E-state index in [1.807, 2.05) is 47.4 Å². The zero-order valence-corrected chi connectivity index (χ0v) is 21.9. The summed E-state index contributed by atoms with van der Waals surface area (Å²) >= 11 is 1.62. The number of aromatic nitrogens is 2. The quantitative estimate of drug-likeness (QED) is 0.233. The van der Waals surface area contributed by atoms with Crippen LogP contribution >= 0.6 is 11.3 Å². The minimum absolute atomic E-state index is 0.132. The highest BCUT2D eigenvalue weighted by Crippen LogP contribution is 2.27. The molecule has 0 spiro atoms. The van der Waals surface area contributed by atoms with Crippen molar-refractivity contribution < 1.29 is 9.53 Å². The fraction of sp³-hybridized carbons (Fsp3) is 0.161. The molecule has 38 heavy (non-hydrogen) atoms. The highest BCUT2D eigenvalue weighted by molar-refractivity contribution is 7.15. The van der Waals surface area contributed by atoms with Crippen LogP contribution in [0.15, 0.2) is 96.5 Å². The van der Waals surface area contributed by atoms with Crippen LogP contribution in [-0.4, -0.2) is 47.1 Å². The van der Waals surface area contributed by atoms with E-state index in [1.54, 1.807) is 18.4 Å². The lowest BCUT2D eigenvalue weighted by molar-refractivity contribution is 0.155. The number of hydrogen-bond donors (Lipinski definition) is 1. The van der Waals surface area contributed by atoms with Gasteiger partial charge in [-0.3, -0.25) is 4.40 Å². The predicted molar refractivity (Wildman–Crippen MR) is 156 cm³/mol. The third-order valence-corrected chi connectivity index (χ3v) is 7.74. The van der Waals surface area contributed by atoms with E-state index in [-0.39, 0.29) is 6.03 Å². The number of thiazole rings is 1. The Morgan fingerprint density at radius 1 is 0.947 bits per heavy atom. The fourth-order valence-electron chi connectivity index (χ4n) is 4.79. The van der Waals surface area contributed by atoms with E-state index < -0.39 is 0 Å². The highest BCUT2D eigenvalue weighted by atomic mass is 32.1. The van der Waals surface area contributed by atoms with Crippen LogP contribution in [0.2, 0.25) is 0 Å². The Kier molecular flexibility index (Phi) is 6.77. The zero-order valence-electron chi connectivity index (χ0n) is 21.1. The first kappa shape index (κ1) is 24.2. The van der Waals surface area contributed by atoms with Gasteiger partial charge in [0.15, 0.2) is 4.96 Å². The SMILES string of the molecule is COCCN(CCc1csc2nc(-c3ccc4ccccc4c3)cn12)C(=O)Nc1cccc2ccccc12. The molecule has 6 rings (SSSR count). The average molecular weight is 521 g/mol. The number of imidazole rings is 1. The molecule has 0 atom stereocenters. The largest absolute Gasteiger partial charge is 0.383 e. The van der Waals surface area contributed by atoms with Crippen molar-refractivity contribution in [3.63, 3.8) is 0 Å². The molecule has 2 aromatic heterocycles. The van der Waals surface area contributed by atoms with Gasteiger partial charge in [-0.25, -0.2) is 9.78 Å². The van der Waals surface area contributed by atoms with Gasteiger partial charge in [0, 0.05) is 54.8 Å². The Bertz CT molecular complexity index is 1730. The maximum absolute atomic E-state index is 13.3. The first-order valence-corrected chi connectivity index (χ1v) is 13.5. The van der Waals surface area contributed by atoms with Crippen molar-refractivity contribution in [3.8, 4) is 11.3 Å². The third-order valence-electron chi connectivity index (χ3n) is 6.85. The predicted octanol–water partition coefficient (Wildman–Crippen LogP) is 7.09. The molecule has 0 aliphatic carbocycles. The Morgan fingerprint density at radius 2 is 1.74 bits per heavy atom. The minimum atomic E-state index is -0.132. The van der Waals surface area contributed by atoms with Crippen molar-refractivity contribution in [2.75, 3.05) is 32.1 Å². The number of urea groups is 1. The number of carbonyl (C=O) groups is 1. The fourth-order valence-corrected chi connectivity index (χ4v) is 5.70. The van der Waals surface area contributed by atoms with Crippen LogP contribution in [-0.2, 0) is 11.2 Å². The van der Waals surface area contributed by atoms with Gasteiger partial charge in [-0.1, -0.05) is 72.8 Å². The van der Waals surface area contributed by atoms with Gasteiger partial charge in [-0.2, -0.15) is 0 Å². The molecular formula is C31H28N4O2S. The summed E-state index contributed by atoms with van der Waals surface area (Å²) in [4.78, 5) is 21.0. The van der Waals surface area contributed by atoms with Crippen molar-refractivity contribution in [3.05, 3.63) is 102 Å². The van der Waals surface area contributed by atoms with Gasteiger partial charge >= 0.3 is 6.03 Å². The Labute approximate surface area is 225 Å². The van der Waals surface area contributed by atoms with Crippen LogP contribution < -0.4 is 5.32 Å². The normalized spacial score (nSPS) is 11.4. The zero-order chi connectivity index (χ0) is 25.9. The summed E-state index contributed by atoms with van der Waals surface area (Å²) in [5.74, 6) is 0. The average Bonchev–Trinajstić information content (AvgIpc) is 3.54. The highest BCUT2D eigenvalue weighted by Gasteiger charge is 2.17. The summed E-state index contributed by atoms with van der Waals surface area (Å²) in [5, 5.41) is 9.78. The van der Waals surface area contributed by atoms with Crippen LogP contribution in [0.5, 0.6) is 0 Å². The van der Waals surface area contributed by atoms with Gasteiger partial charge in [0.2, 0.25) is 0 Å². The van der Waals surface area contributed by atoms with Gasteiger partial charge in [0.05, 0.1) is 18.0 Å². The first-order chi connectivity index (χ1) is 18.7. The van der Waals surface area contributed by atoms with Crippen LogP contribution in [0.1, 0.15) is 5.69 Å². The molecule has 2 amide bonds. The molecular weight excluding hydrogens is 492 g/mol. The molecule has 0 saturated heterocycles. The van der Waals surface area contributed by atoms with Gasteiger partial charge in [-0.15, -0.1) is 11.3 Å². The second kappa shape index (κ2) is 10.7. The Morgan fingerprint density at radius 3 is 2.61 bits per heavy atom. The number of anilines is 1. The molecule has 0 aliphatic rings. The van der Waals surface area contributed by atoms with Crippen molar-refractivity contribution in [2.45, 2.75) is 6.42 Å². The molecule has 0 radical (unpaired) electrons. The summed E-state index contributed by atoms with van der Waals surface area (Å²) in [7, 11) is 1.66. The molecule has 2 heterocycles. The lowest BCUT2D eigenvalue weighted by atomic mass is 10.1. The van der Waals surface area contributed by atoms with Gasteiger partial charge < -0.3 is 15.0 Å². The molecule has 0 saturated carbocycles. The summed E-state index contributed by atoms with van der Waals surface area (Å²) in [6, 6.07) is 28.7. The number of ether oxygens (including phenoxy) is 1. The van der Waals surface area contributed by atoms with Crippen molar-refractivity contribution >= 4 is 49.6 Å². The molecule has 6 nitrogen and oxygen atoms in total. The number of nitrogens with one attached hydrogen (secondary N) is 1. The van der Waals surface area contributed by atoms with Crippen LogP contribution in [0.4, 0.5) is 10.5 Å². The van der Waals surface area contributed by atoms with Crippen molar-refractivity contribution in [2.24, 2.45) is 0 Å². The number of nitrogens with zero attached hydrogens (tertiary/aromatic N) is 3. The lowest BCUT2D eigenvalue weighted by Gasteiger charge is -2.23. The standard InChI is InChI=1S/C31H28N4O2S/c1-37-18-17-34(30(36)32-28-12-6-10-23-8-4-5-11-27(23)28)16-15-26-21-38-31-33-29(20-35(26)31)25-14-13-22-7-2-3-9-24(22)19-25/h2-14,19-21H,15-18H2,1H3,(H,32,36). The van der Waals surface area contributed by atoms with Gasteiger partial charge in [-0.05, 0) is 28.3 Å². The van der Waals surface area contributed by atoms with Gasteiger partial charge in [0.1, 0.15) is 0 Å². The van der Waals surface area contributed by atoms with E-state index in [4.69, 9.17) is 9.72 Å². The summed E-state index contributed by atoms with van der Waals surface area (Å²) < 4.78 is 7.44. The topological polar surface area (TPSA) is 58.9 Å². The van der Waals surface area contributed by atoms with Crippen molar-refractivity contribution in [1.82, 2.24) is 14.3 Å². The van der Waals surface area contributed by atoms with E-state index >= 15 is 0 Å². The molecule has 0 unspecified atom stereocenters. The van der Waals surface area contributed by atoms with Crippen molar-refractivity contribution in [1.29, 1.82) is 0 Å². The third kappa shape index (κ3) is 4.86. The van der Waals surface area contributed by atoms with Crippen LogP contribution in [0.25, 0.3) is 37.8 Å². The second-order valence-corrected chi connectivity index (χ2v) is 10.1. The molecule has 6 aromatic rings. The number of fused-ring (bicyclic) bond motifs is 3. The summed E-state index contributed by atoms with van der Waals surface area (Å²) in [6.07, 6.45) is 2.81. The Hall–Kier alpha value is -4.20. The smallest absolute Gasteiger partial charge is 0.321 e. The second-order valence-electron chi connectivity index (χ2n) is 9.25. The van der Waals surface area contributed by atoms with Crippen LogP contribution in [0.3, 0.4) is 0 Å². The molecule has 190 valence electrons. The molecule has 0 bridgehead atoms. The van der Waals surface area contributed by atoms with E-state index in [1.165, 1.54) is 10.8 Å². The molecule has 7 heteroatoms. The first-order valence-electron chi connectivity index (χ1n) is 12.7. The van der Waals surface area contributed by atoms with Crippen LogP contribution in [0, 0.1) is 0 Å². The number of rotatable bonds is 8. The molecule has 1 N–H and O–H groups in total. The Balaban J connectivity index is 1.20. The number of amides is 2. The summed E-state index contributed by atoms with van der Waals surface area (Å²) in [6.45, 7) is 1.54. The molecule has 0 aliphatic heterocycles. The molecule has 0 fully saturated rings.